The van der Waals surface area contributed by atoms with E-state index in [2.05, 4.69) is 21.2 Å². The van der Waals surface area contributed by atoms with Crippen molar-refractivity contribution >= 4 is 44.9 Å². The molecule has 1 amide bonds. The normalized spacial score (nSPS) is 10.2. The van der Waals surface area contributed by atoms with Crippen LogP contribution in [-0.2, 0) is 4.79 Å². The van der Waals surface area contributed by atoms with Crippen molar-refractivity contribution in [3.05, 3.63) is 63.9 Å². The molecule has 0 aliphatic heterocycles. The molecule has 0 fully saturated rings. The number of halogens is 3. The van der Waals surface area contributed by atoms with Crippen LogP contribution in [-0.4, -0.2) is 17.6 Å². The van der Waals surface area contributed by atoms with E-state index in [1.54, 1.807) is 30.3 Å². The molecular weight excluding hydrogens is 361 g/mol. The Balaban J connectivity index is 2.45. The van der Waals surface area contributed by atoms with Crippen LogP contribution in [0.5, 0.6) is 0 Å². The maximum absolute atomic E-state index is 14.4. The van der Waals surface area contributed by atoms with Crippen LogP contribution in [0.2, 0.25) is 0 Å². The second-order valence-electron chi connectivity index (χ2n) is 4.19. The molecule has 0 aliphatic rings. The third kappa shape index (κ3) is 3.68. The molecule has 0 aliphatic carbocycles. The number of carbonyl (C=O) groups is 2. The summed E-state index contributed by atoms with van der Waals surface area (Å²) in [7, 11) is 0. The van der Waals surface area contributed by atoms with E-state index in [0.29, 0.717) is 10.0 Å². The quantitative estimate of drug-likeness (QED) is 0.653. The molecule has 2 aromatic rings. The first-order chi connectivity index (χ1) is 10.0. The van der Waals surface area contributed by atoms with Gasteiger partial charge in [-0.25, -0.2) is 4.39 Å². The van der Waals surface area contributed by atoms with Crippen LogP contribution in [0.1, 0.15) is 15.9 Å². The summed E-state index contributed by atoms with van der Waals surface area (Å²) >= 11 is 8.58. The van der Waals surface area contributed by atoms with Gasteiger partial charge < -0.3 is 5.32 Å². The van der Waals surface area contributed by atoms with Crippen LogP contribution in [0.15, 0.2) is 46.9 Å². The van der Waals surface area contributed by atoms with Gasteiger partial charge in [-0.05, 0) is 12.1 Å². The molecule has 108 valence electrons. The molecule has 0 radical (unpaired) electrons. The fraction of sp³-hybridized carbons (Fsp3) is 0.0667. The molecular formula is C15H10BrClFNO2. The lowest BCUT2D eigenvalue weighted by Gasteiger charge is -2.10. The molecule has 0 atom stereocenters. The Morgan fingerprint density at radius 2 is 1.86 bits per heavy atom. The maximum Gasteiger partial charge on any atom is 0.239 e. The molecule has 21 heavy (non-hydrogen) atoms. The molecule has 1 N–H and O–H groups in total. The Kier molecular flexibility index (Phi) is 5.09. The standard InChI is InChI=1S/C15H10BrClFNO2/c16-10-6-11(15(21)9-4-2-1-3-5-9)14(18)12(7-10)19-13(20)8-17/h1-7H,8H2,(H,19,20). The first-order valence-corrected chi connectivity index (χ1v) is 7.30. The minimum Gasteiger partial charge on any atom is -0.322 e. The number of alkyl halides is 1. The summed E-state index contributed by atoms with van der Waals surface area (Å²) in [4.78, 5) is 23.6. The monoisotopic (exact) mass is 369 g/mol. The molecule has 0 bridgehead atoms. The zero-order chi connectivity index (χ0) is 15.4. The highest BCUT2D eigenvalue weighted by molar-refractivity contribution is 9.10. The van der Waals surface area contributed by atoms with E-state index in [1.807, 2.05) is 0 Å². The van der Waals surface area contributed by atoms with E-state index in [-0.39, 0.29) is 17.1 Å². The highest BCUT2D eigenvalue weighted by atomic mass is 79.9. The second-order valence-corrected chi connectivity index (χ2v) is 5.37. The Hall–Kier alpha value is -1.72. The predicted molar refractivity (Wildman–Crippen MR) is 83.3 cm³/mol. The number of ketones is 1. The number of amides is 1. The van der Waals surface area contributed by atoms with Crippen molar-refractivity contribution in [2.75, 3.05) is 11.2 Å². The predicted octanol–water partition coefficient (Wildman–Crippen LogP) is 4.00. The molecule has 0 unspecified atom stereocenters. The van der Waals surface area contributed by atoms with Gasteiger partial charge in [-0.3, -0.25) is 9.59 Å². The zero-order valence-electron chi connectivity index (χ0n) is 10.7. The number of hydrogen-bond donors (Lipinski definition) is 1. The zero-order valence-corrected chi connectivity index (χ0v) is 13.0. The van der Waals surface area contributed by atoms with Crippen molar-refractivity contribution in [3.63, 3.8) is 0 Å². The summed E-state index contributed by atoms with van der Waals surface area (Å²) in [6, 6.07) is 11.1. The summed E-state index contributed by atoms with van der Waals surface area (Å²) in [5, 5.41) is 2.32. The van der Waals surface area contributed by atoms with Gasteiger partial charge in [0.25, 0.3) is 0 Å². The Labute approximate surface area is 134 Å². The maximum atomic E-state index is 14.4. The van der Waals surface area contributed by atoms with E-state index in [4.69, 9.17) is 11.6 Å². The van der Waals surface area contributed by atoms with Gasteiger partial charge in [0.15, 0.2) is 11.6 Å². The van der Waals surface area contributed by atoms with Gasteiger partial charge in [-0.1, -0.05) is 46.3 Å². The molecule has 0 saturated carbocycles. The Morgan fingerprint density at radius 3 is 2.48 bits per heavy atom. The van der Waals surface area contributed by atoms with E-state index in [9.17, 15) is 14.0 Å². The van der Waals surface area contributed by atoms with Crippen molar-refractivity contribution in [3.8, 4) is 0 Å². The van der Waals surface area contributed by atoms with Gasteiger partial charge in [0.1, 0.15) is 5.88 Å². The van der Waals surface area contributed by atoms with Gasteiger partial charge in [0.2, 0.25) is 5.91 Å². The average molecular weight is 371 g/mol. The molecule has 0 spiro atoms. The lowest BCUT2D eigenvalue weighted by molar-refractivity contribution is -0.113. The van der Waals surface area contributed by atoms with Crippen LogP contribution in [0.25, 0.3) is 0 Å². The highest BCUT2D eigenvalue weighted by Crippen LogP contribution is 2.26. The topological polar surface area (TPSA) is 46.2 Å². The molecule has 6 heteroatoms. The third-order valence-corrected chi connectivity index (χ3v) is 3.41. The fourth-order valence-electron chi connectivity index (χ4n) is 1.77. The SMILES string of the molecule is O=C(CCl)Nc1cc(Br)cc(C(=O)c2ccccc2)c1F. The molecule has 0 saturated heterocycles. The average Bonchev–Trinajstić information content (AvgIpc) is 2.50. The molecule has 0 aromatic heterocycles. The van der Waals surface area contributed by atoms with Crippen LogP contribution in [0.3, 0.4) is 0 Å². The highest BCUT2D eigenvalue weighted by Gasteiger charge is 2.19. The summed E-state index contributed by atoms with van der Waals surface area (Å²) < 4.78 is 14.9. The third-order valence-electron chi connectivity index (χ3n) is 2.71. The van der Waals surface area contributed by atoms with E-state index in [0.717, 1.165) is 0 Å². The van der Waals surface area contributed by atoms with Crippen molar-refractivity contribution in [2.45, 2.75) is 0 Å². The minimum atomic E-state index is -0.787. The fourth-order valence-corrected chi connectivity index (χ4v) is 2.30. The van der Waals surface area contributed by atoms with Crippen LogP contribution < -0.4 is 5.32 Å². The van der Waals surface area contributed by atoms with Crippen LogP contribution >= 0.6 is 27.5 Å². The lowest BCUT2D eigenvalue weighted by Crippen LogP contribution is -2.15. The smallest absolute Gasteiger partial charge is 0.239 e. The van der Waals surface area contributed by atoms with E-state index >= 15 is 0 Å². The minimum absolute atomic E-state index is 0.0886. The van der Waals surface area contributed by atoms with Crippen molar-refractivity contribution in [1.29, 1.82) is 0 Å². The van der Waals surface area contributed by atoms with Gasteiger partial charge in [-0.15, -0.1) is 11.6 Å². The van der Waals surface area contributed by atoms with Gasteiger partial charge in [-0.2, -0.15) is 0 Å². The molecule has 2 rings (SSSR count). The number of benzene rings is 2. The van der Waals surface area contributed by atoms with Crippen LogP contribution in [0.4, 0.5) is 10.1 Å². The Bertz CT molecular complexity index is 692. The van der Waals surface area contributed by atoms with Crippen molar-refractivity contribution in [2.24, 2.45) is 0 Å². The van der Waals surface area contributed by atoms with Crippen molar-refractivity contribution in [1.82, 2.24) is 0 Å². The largest absolute Gasteiger partial charge is 0.322 e. The summed E-state index contributed by atoms with van der Waals surface area (Å²) in [5.74, 6) is -2.10. The van der Waals surface area contributed by atoms with E-state index in [1.165, 1.54) is 12.1 Å². The molecule has 3 nitrogen and oxygen atoms in total. The first kappa shape index (κ1) is 15.7. The number of anilines is 1. The molecule has 0 heterocycles. The number of carbonyl (C=O) groups excluding carboxylic acids is 2. The number of nitrogens with one attached hydrogen (secondary N) is 1. The first-order valence-electron chi connectivity index (χ1n) is 5.97. The lowest BCUT2D eigenvalue weighted by atomic mass is 10.0. The summed E-state index contributed by atoms with van der Waals surface area (Å²) in [6.07, 6.45) is 0. The molecule has 2 aromatic carbocycles. The Morgan fingerprint density at radius 1 is 1.19 bits per heavy atom. The second kappa shape index (κ2) is 6.83. The number of rotatable bonds is 4. The summed E-state index contributed by atoms with van der Waals surface area (Å²) in [6.45, 7) is 0. The summed E-state index contributed by atoms with van der Waals surface area (Å²) in [5.41, 5.74) is 0.152. The van der Waals surface area contributed by atoms with Crippen LogP contribution in [0, 0.1) is 5.82 Å². The van der Waals surface area contributed by atoms with Gasteiger partial charge >= 0.3 is 0 Å². The van der Waals surface area contributed by atoms with E-state index < -0.39 is 17.5 Å². The van der Waals surface area contributed by atoms with Gasteiger partial charge in [0, 0.05) is 10.0 Å². The number of hydrogen-bond acceptors (Lipinski definition) is 2. The van der Waals surface area contributed by atoms with Gasteiger partial charge in [0.05, 0.1) is 11.3 Å². The van der Waals surface area contributed by atoms with Crippen molar-refractivity contribution < 1.29 is 14.0 Å².